The lowest BCUT2D eigenvalue weighted by molar-refractivity contribution is -0.119. The van der Waals surface area contributed by atoms with Crippen LogP contribution in [0.2, 0.25) is 0 Å². The second-order valence-corrected chi connectivity index (χ2v) is 6.72. The van der Waals surface area contributed by atoms with Crippen molar-refractivity contribution >= 4 is 28.4 Å². The molecule has 24 heavy (non-hydrogen) atoms. The largest absolute Gasteiger partial charge is 0.349 e. The number of thioether (sulfide) groups is 1. The Kier molecular flexibility index (Phi) is 4.85. The Hall–Kier alpha value is -2.34. The van der Waals surface area contributed by atoms with E-state index in [0.29, 0.717) is 5.75 Å². The first-order chi connectivity index (χ1) is 11.5. The van der Waals surface area contributed by atoms with Gasteiger partial charge in [0.2, 0.25) is 5.91 Å². The zero-order valence-corrected chi connectivity index (χ0v) is 14.8. The third-order valence-electron chi connectivity index (χ3n) is 4.04. The van der Waals surface area contributed by atoms with Gasteiger partial charge in [-0.1, -0.05) is 48.2 Å². The van der Waals surface area contributed by atoms with Gasteiger partial charge in [-0.05, 0) is 36.2 Å². The molecule has 124 valence electrons. The Morgan fingerprint density at radius 1 is 1.21 bits per heavy atom. The molecule has 0 aliphatic carbocycles. The zero-order valence-electron chi connectivity index (χ0n) is 14.0. The number of aryl methyl sites for hydroxylation is 1. The molecular weight excluding hydrogens is 320 g/mol. The van der Waals surface area contributed by atoms with Crippen LogP contribution in [0, 0.1) is 6.92 Å². The number of hydrogen-bond donors (Lipinski definition) is 1. The molecule has 2 aromatic carbocycles. The maximum Gasteiger partial charge on any atom is 0.230 e. The Morgan fingerprint density at radius 3 is 2.67 bits per heavy atom. The zero-order chi connectivity index (χ0) is 17.1. The first-order valence-corrected chi connectivity index (χ1v) is 8.80. The van der Waals surface area contributed by atoms with Crippen molar-refractivity contribution in [3.63, 3.8) is 0 Å². The van der Waals surface area contributed by atoms with Crippen LogP contribution in [0.3, 0.4) is 0 Å². The molecule has 0 spiro atoms. The fourth-order valence-corrected chi connectivity index (χ4v) is 3.25. The number of benzene rings is 2. The van der Waals surface area contributed by atoms with Crippen molar-refractivity contribution in [3.8, 4) is 0 Å². The Bertz CT molecular complexity index is 874. The normalized spacial score (nSPS) is 12.3. The van der Waals surface area contributed by atoms with E-state index in [0.717, 1.165) is 16.5 Å². The van der Waals surface area contributed by atoms with Gasteiger partial charge in [0.25, 0.3) is 0 Å². The van der Waals surface area contributed by atoms with Crippen molar-refractivity contribution < 1.29 is 4.79 Å². The average molecular weight is 340 g/mol. The van der Waals surface area contributed by atoms with E-state index in [-0.39, 0.29) is 11.9 Å². The first kappa shape index (κ1) is 16.5. The number of carbonyl (C=O) groups is 1. The van der Waals surface area contributed by atoms with Crippen LogP contribution in [0.4, 0.5) is 0 Å². The quantitative estimate of drug-likeness (QED) is 0.724. The number of amides is 1. The summed E-state index contributed by atoms with van der Waals surface area (Å²) in [4.78, 5) is 12.2. The lowest BCUT2D eigenvalue weighted by atomic mass is 10.0. The smallest absolute Gasteiger partial charge is 0.230 e. The molecule has 0 fully saturated rings. The van der Waals surface area contributed by atoms with Crippen LogP contribution in [0.5, 0.6) is 0 Å². The topological polar surface area (TPSA) is 59.8 Å². The fourth-order valence-electron chi connectivity index (χ4n) is 2.49. The minimum Gasteiger partial charge on any atom is -0.349 e. The molecule has 1 N–H and O–H groups in total. The molecule has 0 radical (unpaired) electrons. The number of aromatic nitrogens is 3. The van der Waals surface area contributed by atoms with E-state index in [1.807, 2.05) is 37.6 Å². The van der Waals surface area contributed by atoms with Crippen molar-refractivity contribution in [1.82, 2.24) is 20.1 Å². The van der Waals surface area contributed by atoms with Gasteiger partial charge in [-0.15, -0.1) is 10.2 Å². The van der Waals surface area contributed by atoms with Gasteiger partial charge in [-0.25, -0.2) is 0 Å². The SMILES string of the molecule is Cc1nnc(SCC(=O)N[C@H](C)c2ccc3ccccc3c2)n1C. The van der Waals surface area contributed by atoms with Crippen LogP contribution in [0.1, 0.15) is 24.4 Å². The molecule has 6 heteroatoms. The molecule has 1 heterocycles. The Morgan fingerprint density at radius 2 is 1.96 bits per heavy atom. The Balaban J connectivity index is 1.61. The fraction of sp³-hybridized carbons (Fsp3) is 0.278. The third kappa shape index (κ3) is 3.59. The lowest BCUT2D eigenvalue weighted by Gasteiger charge is -2.15. The molecule has 1 aromatic heterocycles. The van der Waals surface area contributed by atoms with E-state index in [2.05, 4.69) is 45.8 Å². The van der Waals surface area contributed by atoms with Gasteiger partial charge in [-0.2, -0.15) is 0 Å². The van der Waals surface area contributed by atoms with E-state index < -0.39 is 0 Å². The van der Waals surface area contributed by atoms with Gasteiger partial charge >= 0.3 is 0 Å². The number of fused-ring (bicyclic) bond motifs is 1. The summed E-state index contributed by atoms with van der Waals surface area (Å²) in [6.07, 6.45) is 0. The van der Waals surface area contributed by atoms with Gasteiger partial charge in [-0.3, -0.25) is 4.79 Å². The molecule has 1 amide bonds. The molecule has 0 aliphatic rings. The summed E-state index contributed by atoms with van der Waals surface area (Å²) in [5.74, 6) is 1.15. The molecule has 0 unspecified atom stereocenters. The van der Waals surface area contributed by atoms with Gasteiger partial charge < -0.3 is 9.88 Å². The van der Waals surface area contributed by atoms with Crippen LogP contribution in [0.15, 0.2) is 47.6 Å². The highest BCUT2D eigenvalue weighted by Gasteiger charge is 2.12. The molecule has 3 rings (SSSR count). The van der Waals surface area contributed by atoms with Crippen LogP contribution < -0.4 is 5.32 Å². The van der Waals surface area contributed by atoms with E-state index in [9.17, 15) is 4.79 Å². The molecule has 1 atom stereocenters. The Labute approximate surface area is 145 Å². The van der Waals surface area contributed by atoms with Crippen LogP contribution >= 0.6 is 11.8 Å². The standard InChI is InChI=1S/C18H20N4OS/c1-12(15-9-8-14-6-4-5-7-16(14)10-15)19-17(23)11-24-18-21-20-13(2)22(18)3/h4-10,12H,11H2,1-3H3,(H,19,23)/t12-/m1/s1. The average Bonchev–Trinajstić information content (AvgIpc) is 2.91. The van der Waals surface area contributed by atoms with Crippen LogP contribution in [0.25, 0.3) is 10.8 Å². The summed E-state index contributed by atoms with van der Waals surface area (Å²) in [6.45, 7) is 3.89. The van der Waals surface area contributed by atoms with Gasteiger partial charge in [0, 0.05) is 7.05 Å². The summed E-state index contributed by atoms with van der Waals surface area (Å²) < 4.78 is 1.88. The predicted octanol–water partition coefficient (Wildman–Crippen LogP) is 3.25. The van der Waals surface area contributed by atoms with Crippen molar-refractivity contribution in [2.24, 2.45) is 7.05 Å². The van der Waals surface area contributed by atoms with Crippen molar-refractivity contribution in [1.29, 1.82) is 0 Å². The summed E-state index contributed by atoms with van der Waals surface area (Å²) in [7, 11) is 1.90. The third-order valence-corrected chi connectivity index (χ3v) is 5.06. The van der Waals surface area contributed by atoms with E-state index >= 15 is 0 Å². The highest BCUT2D eigenvalue weighted by atomic mass is 32.2. The summed E-state index contributed by atoms with van der Waals surface area (Å²) >= 11 is 1.39. The summed E-state index contributed by atoms with van der Waals surface area (Å²) in [6, 6.07) is 14.5. The highest BCUT2D eigenvalue weighted by molar-refractivity contribution is 7.99. The van der Waals surface area contributed by atoms with Crippen molar-refractivity contribution in [2.45, 2.75) is 25.0 Å². The van der Waals surface area contributed by atoms with Crippen LogP contribution in [-0.2, 0) is 11.8 Å². The van der Waals surface area contributed by atoms with Crippen molar-refractivity contribution in [2.75, 3.05) is 5.75 Å². The maximum atomic E-state index is 12.2. The van der Waals surface area contributed by atoms with Crippen molar-refractivity contribution in [3.05, 3.63) is 53.9 Å². The first-order valence-electron chi connectivity index (χ1n) is 7.81. The van der Waals surface area contributed by atoms with Gasteiger partial charge in [0.1, 0.15) is 5.82 Å². The van der Waals surface area contributed by atoms with E-state index in [1.165, 1.54) is 22.5 Å². The molecule has 0 bridgehead atoms. The maximum absolute atomic E-state index is 12.2. The number of nitrogens with one attached hydrogen (secondary N) is 1. The number of nitrogens with zero attached hydrogens (tertiary/aromatic N) is 3. The molecule has 0 saturated carbocycles. The molecule has 3 aromatic rings. The lowest BCUT2D eigenvalue weighted by Crippen LogP contribution is -2.28. The monoisotopic (exact) mass is 340 g/mol. The number of rotatable bonds is 5. The van der Waals surface area contributed by atoms with Gasteiger partial charge in [0.05, 0.1) is 11.8 Å². The molecule has 0 aliphatic heterocycles. The predicted molar refractivity (Wildman–Crippen MR) is 97.0 cm³/mol. The molecular formula is C18H20N4OS. The minimum absolute atomic E-state index is 0.0127. The van der Waals surface area contributed by atoms with Crippen LogP contribution in [-0.4, -0.2) is 26.4 Å². The molecule has 0 saturated heterocycles. The van der Waals surface area contributed by atoms with Gasteiger partial charge in [0.15, 0.2) is 5.16 Å². The number of carbonyl (C=O) groups excluding carboxylic acids is 1. The number of hydrogen-bond acceptors (Lipinski definition) is 4. The minimum atomic E-state index is -0.0380. The van der Waals surface area contributed by atoms with E-state index in [4.69, 9.17) is 0 Å². The summed E-state index contributed by atoms with van der Waals surface area (Å²) in [5, 5.41) is 14.2. The second-order valence-electron chi connectivity index (χ2n) is 5.77. The second kappa shape index (κ2) is 7.05. The van der Waals surface area contributed by atoms with E-state index in [1.54, 1.807) is 0 Å². The highest BCUT2D eigenvalue weighted by Crippen LogP contribution is 2.21. The summed E-state index contributed by atoms with van der Waals surface area (Å²) in [5.41, 5.74) is 1.10. The molecule has 5 nitrogen and oxygen atoms in total.